The molecule has 0 bridgehead atoms. The molecular weight excluding hydrogens is 657 g/mol. The first-order chi connectivity index (χ1) is 26.8. The van der Waals surface area contributed by atoms with Gasteiger partial charge in [-0.05, 0) is 96.7 Å². The second-order valence-electron chi connectivity index (χ2n) is 14.7. The molecule has 2 atom stereocenters. The Balaban J connectivity index is 0.974. The number of rotatable bonds is 3. The van der Waals surface area contributed by atoms with Crippen molar-refractivity contribution in [2.45, 2.75) is 0 Å². The van der Waals surface area contributed by atoms with Crippen molar-refractivity contribution >= 4 is 81.8 Å². The first-order valence-corrected chi connectivity index (χ1v) is 18.8. The molecule has 2 aromatic heterocycles. The maximum absolute atomic E-state index is 6.56. The van der Waals surface area contributed by atoms with Crippen LogP contribution in [0.1, 0.15) is 5.56 Å². The molecule has 12 rings (SSSR count). The fourth-order valence-corrected chi connectivity index (χ4v) is 9.31. The van der Waals surface area contributed by atoms with E-state index < -0.39 is 0 Å². The predicted molar refractivity (Wildman–Crippen MR) is 227 cm³/mol. The first kappa shape index (κ1) is 29.7. The molecule has 2 heteroatoms. The lowest BCUT2D eigenvalue weighted by molar-refractivity contribution is 0.667. The molecule has 54 heavy (non-hydrogen) atoms. The van der Waals surface area contributed by atoms with E-state index in [2.05, 4.69) is 170 Å². The molecule has 2 aliphatic rings. The highest BCUT2D eigenvalue weighted by atomic mass is 16.3. The number of hydrogen-bond donors (Lipinski definition) is 0. The Kier molecular flexibility index (Phi) is 6.20. The molecule has 0 saturated heterocycles. The van der Waals surface area contributed by atoms with E-state index in [1.54, 1.807) is 0 Å². The van der Waals surface area contributed by atoms with Crippen molar-refractivity contribution < 1.29 is 8.83 Å². The van der Waals surface area contributed by atoms with E-state index >= 15 is 0 Å². The molecule has 2 aliphatic carbocycles. The quantitative estimate of drug-likeness (QED) is 0.173. The summed E-state index contributed by atoms with van der Waals surface area (Å²) in [5.74, 6) is 0.708. The van der Waals surface area contributed by atoms with Gasteiger partial charge >= 0.3 is 0 Å². The van der Waals surface area contributed by atoms with E-state index in [9.17, 15) is 0 Å². The summed E-state index contributed by atoms with van der Waals surface area (Å²) in [6.45, 7) is 0. The average molecular weight is 689 g/mol. The Morgan fingerprint density at radius 1 is 0.370 bits per heavy atom. The van der Waals surface area contributed by atoms with Gasteiger partial charge < -0.3 is 8.83 Å². The van der Waals surface area contributed by atoms with Crippen LogP contribution < -0.4 is 0 Å². The predicted octanol–water partition coefficient (Wildman–Crippen LogP) is 14.6. The van der Waals surface area contributed by atoms with Gasteiger partial charge in [-0.15, -0.1) is 0 Å². The molecule has 0 fully saturated rings. The molecule has 252 valence electrons. The van der Waals surface area contributed by atoms with Gasteiger partial charge in [-0.2, -0.15) is 0 Å². The third kappa shape index (κ3) is 4.28. The summed E-state index contributed by atoms with van der Waals surface area (Å²) in [7, 11) is 0. The molecule has 0 spiro atoms. The Morgan fingerprint density at radius 2 is 1.00 bits per heavy atom. The fourth-order valence-electron chi connectivity index (χ4n) is 9.31. The van der Waals surface area contributed by atoms with Gasteiger partial charge in [-0.1, -0.05) is 146 Å². The molecule has 0 amide bonds. The standard InChI is InChI=1S/C52H32O2/c1-2-12-36-32(10-1)11-9-18-38(36)51-41-16-5-3-14-39(41)50(40-15-4-6-17-42(40)51)33-22-20-31(21-23-33)34-25-27-48-46(28-34)43-26-24-35-29-45-37-13-7-8-19-47(37)53-49(45)30-44(35)52(43)54-48/h1-30,32,36H. The molecule has 2 heterocycles. The van der Waals surface area contributed by atoms with Crippen molar-refractivity contribution in [3.63, 3.8) is 0 Å². The molecule has 10 aromatic rings. The van der Waals surface area contributed by atoms with Crippen molar-refractivity contribution in [3.8, 4) is 22.3 Å². The molecule has 0 radical (unpaired) electrons. The van der Waals surface area contributed by atoms with Crippen LogP contribution in [-0.2, 0) is 0 Å². The van der Waals surface area contributed by atoms with Crippen LogP contribution in [0.5, 0.6) is 0 Å². The third-order valence-electron chi connectivity index (χ3n) is 11.8. The van der Waals surface area contributed by atoms with E-state index in [0.29, 0.717) is 11.8 Å². The Hall–Kier alpha value is -6.90. The fraction of sp³-hybridized carbons (Fsp3) is 0.0385. The van der Waals surface area contributed by atoms with Gasteiger partial charge in [0.1, 0.15) is 22.3 Å². The number of benzene rings is 8. The van der Waals surface area contributed by atoms with Gasteiger partial charge in [0.05, 0.1) is 0 Å². The summed E-state index contributed by atoms with van der Waals surface area (Å²) in [6, 6.07) is 50.6. The maximum atomic E-state index is 6.56. The second-order valence-corrected chi connectivity index (χ2v) is 14.7. The van der Waals surface area contributed by atoms with Crippen molar-refractivity contribution in [2.75, 3.05) is 0 Å². The summed E-state index contributed by atoms with van der Waals surface area (Å²) >= 11 is 0. The summed E-state index contributed by atoms with van der Waals surface area (Å²) in [5.41, 5.74) is 11.1. The Morgan fingerprint density at radius 3 is 1.80 bits per heavy atom. The monoisotopic (exact) mass is 688 g/mol. The number of fused-ring (bicyclic) bond motifs is 11. The zero-order valence-electron chi connectivity index (χ0n) is 29.3. The highest BCUT2D eigenvalue weighted by Crippen LogP contribution is 2.47. The molecule has 8 aromatic carbocycles. The van der Waals surface area contributed by atoms with Crippen LogP contribution in [0.2, 0.25) is 0 Å². The zero-order valence-corrected chi connectivity index (χ0v) is 29.3. The number of furan rings is 2. The molecule has 0 saturated carbocycles. The summed E-state index contributed by atoms with van der Waals surface area (Å²) < 4.78 is 12.8. The lowest BCUT2D eigenvalue weighted by atomic mass is 9.74. The van der Waals surface area contributed by atoms with Crippen LogP contribution in [0.3, 0.4) is 0 Å². The van der Waals surface area contributed by atoms with Crippen LogP contribution in [-0.4, -0.2) is 0 Å². The minimum atomic E-state index is 0.327. The van der Waals surface area contributed by atoms with E-state index in [1.165, 1.54) is 49.4 Å². The van der Waals surface area contributed by atoms with Crippen LogP contribution in [0.15, 0.2) is 191 Å². The summed E-state index contributed by atoms with van der Waals surface area (Å²) in [5, 5.41) is 11.8. The minimum Gasteiger partial charge on any atom is -0.456 e. The van der Waals surface area contributed by atoms with E-state index in [0.717, 1.165) is 60.2 Å². The Labute approximate surface area is 311 Å². The topological polar surface area (TPSA) is 26.3 Å². The number of para-hydroxylation sites is 1. The molecular formula is C52H32O2. The van der Waals surface area contributed by atoms with Crippen LogP contribution in [0.25, 0.3) is 104 Å². The average Bonchev–Trinajstić information content (AvgIpc) is 3.80. The Bertz CT molecular complexity index is 3270. The van der Waals surface area contributed by atoms with Crippen molar-refractivity contribution in [3.05, 3.63) is 188 Å². The molecule has 2 unspecified atom stereocenters. The van der Waals surface area contributed by atoms with Gasteiger partial charge in [-0.25, -0.2) is 0 Å². The van der Waals surface area contributed by atoms with Crippen molar-refractivity contribution in [1.82, 2.24) is 0 Å². The second kappa shape index (κ2) is 11.3. The summed E-state index contributed by atoms with van der Waals surface area (Å²) in [6.07, 6.45) is 15.9. The highest BCUT2D eigenvalue weighted by Gasteiger charge is 2.27. The minimum absolute atomic E-state index is 0.327. The zero-order chi connectivity index (χ0) is 35.3. The van der Waals surface area contributed by atoms with E-state index in [-0.39, 0.29) is 0 Å². The smallest absolute Gasteiger partial charge is 0.143 e. The molecule has 2 nitrogen and oxygen atoms in total. The van der Waals surface area contributed by atoms with Crippen molar-refractivity contribution in [2.24, 2.45) is 11.8 Å². The third-order valence-corrected chi connectivity index (χ3v) is 11.8. The van der Waals surface area contributed by atoms with Gasteiger partial charge in [0, 0.05) is 38.8 Å². The lowest BCUT2D eigenvalue weighted by Gasteiger charge is -2.29. The van der Waals surface area contributed by atoms with Crippen molar-refractivity contribution in [1.29, 1.82) is 0 Å². The molecule has 0 N–H and O–H groups in total. The lowest BCUT2D eigenvalue weighted by Crippen LogP contribution is -2.15. The van der Waals surface area contributed by atoms with E-state index in [4.69, 9.17) is 8.83 Å². The SMILES string of the molecule is C1=CC2C=CC=C(c3c4ccccc4c(-c4ccc(-c5ccc6oc7c8cc9oc%10ccccc%10c9cc8ccc7c6c5)cc4)c4ccccc34)C2C=C1. The number of allylic oxidation sites excluding steroid dienone is 8. The first-order valence-electron chi connectivity index (χ1n) is 18.8. The van der Waals surface area contributed by atoms with Gasteiger partial charge in [0.15, 0.2) is 0 Å². The largest absolute Gasteiger partial charge is 0.456 e. The highest BCUT2D eigenvalue weighted by molar-refractivity contribution is 6.21. The summed E-state index contributed by atoms with van der Waals surface area (Å²) in [4.78, 5) is 0. The van der Waals surface area contributed by atoms with E-state index in [1.807, 2.05) is 12.1 Å². The van der Waals surface area contributed by atoms with Gasteiger partial charge in [0.2, 0.25) is 0 Å². The maximum Gasteiger partial charge on any atom is 0.143 e. The van der Waals surface area contributed by atoms with Crippen LogP contribution in [0.4, 0.5) is 0 Å². The van der Waals surface area contributed by atoms with Gasteiger partial charge in [-0.3, -0.25) is 0 Å². The van der Waals surface area contributed by atoms with Crippen LogP contribution in [0, 0.1) is 11.8 Å². The normalized spacial score (nSPS) is 16.8. The van der Waals surface area contributed by atoms with Crippen LogP contribution >= 0.6 is 0 Å². The number of hydrogen-bond acceptors (Lipinski definition) is 2. The van der Waals surface area contributed by atoms with Gasteiger partial charge in [0.25, 0.3) is 0 Å². The molecule has 0 aliphatic heterocycles.